The van der Waals surface area contributed by atoms with E-state index in [1.165, 1.54) is 12.1 Å². The van der Waals surface area contributed by atoms with Crippen LogP contribution in [0.25, 0.3) is 17.0 Å². The molecule has 8 heteroatoms. The van der Waals surface area contributed by atoms with E-state index in [4.69, 9.17) is 10.3 Å². The van der Waals surface area contributed by atoms with Crippen molar-refractivity contribution in [2.45, 2.75) is 19.4 Å². The lowest BCUT2D eigenvalue weighted by atomic mass is 10.1. The van der Waals surface area contributed by atoms with Crippen LogP contribution in [0.4, 0.5) is 4.39 Å². The van der Waals surface area contributed by atoms with Gasteiger partial charge < -0.3 is 14.7 Å². The average Bonchev–Trinajstić information content (AvgIpc) is 3.26. The van der Waals surface area contributed by atoms with Crippen LogP contribution in [0.15, 0.2) is 51.6 Å². The molecule has 26 heavy (non-hydrogen) atoms. The second kappa shape index (κ2) is 6.62. The third-order valence-corrected chi connectivity index (χ3v) is 4.60. The molecule has 0 saturated carbocycles. The number of halogens is 2. The van der Waals surface area contributed by atoms with Gasteiger partial charge in [0.2, 0.25) is 11.7 Å². The molecule has 3 aromatic heterocycles. The van der Waals surface area contributed by atoms with Crippen LogP contribution in [-0.4, -0.2) is 19.5 Å². The summed E-state index contributed by atoms with van der Waals surface area (Å²) in [6.45, 7) is 2.02. The Balaban J connectivity index is 1.76. The Hall–Kier alpha value is -2.58. The molecule has 0 bridgehead atoms. The van der Waals surface area contributed by atoms with E-state index in [2.05, 4.69) is 31.1 Å². The monoisotopic (exact) mass is 415 g/mol. The number of hydrogen-bond donors (Lipinski definition) is 1. The van der Waals surface area contributed by atoms with Gasteiger partial charge in [-0.1, -0.05) is 12.1 Å². The summed E-state index contributed by atoms with van der Waals surface area (Å²) >= 11 is 3.47. The van der Waals surface area contributed by atoms with Gasteiger partial charge >= 0.3 is 0 Å². The number of imidazole rings is 1. The molecular weight excluding hydrogens is 401 g/mol. The van der Waals surface area contributed by atoms with Gasteiger partial charge in [0.25, 0.3) is 0 Å². The summed E-state index contributed by atoms with van der Waals surface area (Å²) in [6.07, 6.45) is 2.63. The molecule has 1 unspecified atom stereocenters. The first-order valence-electron chi connectivity index (χ1n) is 8.08. The first-order valence-corrected chi connectivity index (χ1v) is 8.87. The Kier molecular flexibility index (Phi) is 4.29. The van der Waals surface area contributed by atoms with Crippen molar-refractivity contribution in [1.82, 2.24) is 19.5 Å². The van der Waals surface area contributed by atoms with Crippen molar-refractivity contribution in [2.75, 3.05) is 0 Å². The van der Waals surface area contributed by atoms with Crippen LogP contribution in [0.2, 0.25) is 0 Å². The van der Waals surface area contributed by atoms with Gasteiger partial charge in [-0.3, -0.25) is 0 Å². The number of rotatable bonds is 4. The third-order valence-electron chi connectivity index (χ3n) is 4.14. The normalized spacial score (nSPS) is 12.6. The number of benzene rings is 1. The number of pyridine rings is 1. The maximum atomic E-state index is 13.1. The predicted octanol–water partition coefficient (Wildman–Crippen LogP) is 3.90. The lowest BCUT2D eigenvalue weighted by Crippen LogP contribution is -2.16. The average molecular weight is 416 g/mol. The molecule has 0 saturated heterocycles. The van der Waals surface area contributed by atoms with E-state index in [0.29, 0.717) is 11.4 Å². The number of nitrogens with two attached hydrogens (primary N) is 1. The number of fused-ring (bicyclic) bond motifs is 1. The Bertz CT molecular complexity index is 1070. The van der Waals surface area contributed by atoms with Crippen LogP contribution in [0.5, 0.6) is 0 Å². The maximum Gasteiger partial charge on any atom is 0.250 e. The SMILES string of the molecule is CCc1nc2ccc(Br)cn2c1C(N)c1nc(-c2ccc(F)cc2)no1. The van der Waals surface area contributed by atoms with Gasteiger partial charge in [-0.25, -0.2) is 9.37 Å². The molecule has 0 aliphatic rings. The van der Waals surface area contributed by atoms with Gasteiger partial charge in [0, 0.05) is 16.2 Å². The maximum absolute atomic E-state index is 13.1. The topological polar surface area (TPSA) is 82.2 Å². The van der Waals surface area contributed by atoms with Crippen LogP contribution >= 0.6 is 15.9 Å². The summed E-state index contributed by atoms with van der Waals surface area (Å²) in [5.74, 6) is 0.322. The van der Waals surface area contributed by atoms with Crippen molar-refractivity contribution in [3.8, 4) is 11.4 Å². The fraction of sp³-hybridized carbons (Fsp3) is 0.167. The first kappa shape index (κ1) is 16.9. The molecule has 0 radical (unpaired) electrons. The minimum atomic E-state index is -0.629. The summed E-state index contributed by atoms with van der Waals surface area (Å²) in [7, 11) is 0. The Morgan fingerprint density at radius 2 is 1.96 bits per heavy atom. The molecule has 0 aliphatic heterocycles. The van der Waals surface area contributed by atoms with Crippen molar-refractivity contribution in [1.29, 1.82) is 0 Å². The Morgan fingerprint density at radius 3 is 2.69 bits per heavy atom. The zero-order valence-electron chi connectivity index (χ0n) is 13.9. The molecule has 6 nitrogen and oxygen atoms in total. The van der Waals surface area contributed by atoms with Crippen LogP contribution in [0.3, 0.4) is 0 Å². The highest BCUT2D eigenvalue weighted by Crippen LogP contribution is 2.27. The van der Waals surface area contributed by atoms with E-state index < -0.39 is 6.04 Å². The lowest BCUT2D eigenvalue weighted by molar-refractivity contribution is 0.365. The largest absolute Gasteiger partial charge is 0.337 e. The molecule has 4 rings (SSSR count). The van der Waals surface area contributed by atoms with Crippen molar-refractivity contribution < 1.29 is 8.91 Å². The van der Waals surface area contributed by atoms with Crippen LogP contribution in [0, 0.1) is 5.82 Å². The smallest absolute Gasteiger partial charge is 0.250 e. The van der Waals surface area contributed by atoms with Crippen molar-refractivity contribution in [3.63, 3.8) is 0 Å². The fourth-order valence-corrected chi connectivity index (χ4v) is 3.21. The van der Waals surface area contributed by atoms with E-state index in [1.807, 2.05) is 29.7 Å². The molecule has 4 aromatic rings. The second-order valence-corrected chi connectivity index (χ2v) is 6.73. The highest BCUT2D eigenvalue weighted by molar-refractivity contribution is 9.10. The van der Waals surface area contributed by atoms with Crippen molar-refractivity contribution in [2.24, 2.45) is 5.73 Å². The van der Waals surface area contributed by atoms with Crippen LogP contribution < -0.4 is 5.73 Å². The van der Waals surface area contributed by atoms with Gasteiger partial charge in [0.05, 0.1) is 11.4 Å². The van der Waals surface area contributed by atoms with Gasteiger partial charge in [0.1, 0.15) is 17.5 Å². The molecule has 0 amide bonds. The molecular formula is C18H15BrFN5O. The standard InChI is InChI=1S/C18H15BrFN5O/c1-2-13-16(25-9-11(19)5-8-14(25)22-13)15(21)18-23-17(24-26-18)10-3-6-12(20)7-4-10/h3-9,15H,2,21H2,1H3. The zero-order chi connectivity index (χ0) is 18.3. The Morgan fingerprint density at radius 1 is 1.19 bits per heavy atom. The predicted molar refractivity (Wildman–Crippen MR) is 98.0 cm³/mol. The molecule has 2 N–H and O–H groups in total. The lowest BCUT2D eigenvalue weighted by Gasteiger charge is -2.09. The van der Waals surface area contributed by atoms with Gasteiger partial charge in [-0.15, -0.1) is 0 Å². The highest BCUT2D eigenvalue weighted by atomic mass is 79.9. The van der Waals surface area contributed by atoms with E-state index in [9.17, 15) is 4.39 Å². The summed E-state index contributed by atoms with van der Waals surface area (Å²) in [6, 6.07) is 9.10. The van der Waals surface area contributed by atoms with E-state index in [-0.39, 0.29) is 11.7 Å². The number of hydrogen-bond acceptors (Lipinski definition) is 5. The third kappa shape index (κ3) is 2.91. The summed E-state index contributed by atoms with van der Waals surface area (Å²) < 4.78 is 21.3. The first-order chi connectivity index (χ1) is 12.6. The molecule has 3 heterocycles. The van der Waals surface area contributed by atoms with E-state index in [1.54, 1.807) is 12.1 Å². The summed E-state index contributed by atoms with van der Waals surface area (Å²) in [5.41, 5.74) is 9.57. The van der Waals surface area contributed by atoms with Crippen LogP contribution in [0.1, 0.15) is 30.2 Å². The van der Waals surface area contributed by atoms with Crippen LogP contribution in [-0.2, 0) is 6.42 Å². The van der Waals surface area contributed by atoms with Crippen molar-refractivity contribution >= 4 is 21.6 Å². The van der Waals surface area contributed by atoms with Gasteiger partial charge in [-0.2, -0.15) is 4.98 Å². The van der Waals surface area contributed by atoms with Gasteiger partial charge in [0.15, 0.2) is 0 Å². The molecule has 0 fully saturated rings. The molecule has 0 aliphatic carbocycles. The molecule has 132 valence electrons. The zero-order valence-corrected chi connectivity index (χ0v) is 15.4. The quantitative estimate of drug-likeness (QED) is 0.546. The highest BCUT2D eigenvalue weighted by Gasteiger charge is 2.24. The molecule has 0 spiro atoms. The second-order valence-electron chi connectivity index (χ2n) is 5.81. The molecule has 1 aromatic carbocycles. The fourth-order valence-electron chi connectivity index (χ4n) is 2.87. The Labute approximate surface area is 157 Å². The van der Waals surface area contributed by atoms with E-state index in [0.717, 1.165) is 27.9 Å². The number of nitrogens with zero attached hydrogens (tertiary/aromatic N) is 4. The minimum absolute atomic E-state index is 0.279. The minimum Gasteiger partial charge on any atom is -0.337 e. The van der Waals surface area contributed by atoms with Crippen molar-refractivity contribution in [3.05, 3.63) is 70.2 Å². The summed E-state index contributed by atoms with van der Waals surface area (Å²) in [5, 5.41) is 3.97. The molecule has 1 atom stereocenters. The number of aromatic nitrogens is 4. The van der Waals surface area contributed by atoms with Gasteiger partial charge in [-0.05, 0) is 58.7 Å². The summed E-state index contributed by atoms with van der Waals surface area (Å²) in [4.78, 5) is 9.02. The van der Waals surface area contributed by atoms with E-state index >= 15 is 0 Å². The number of aryl methyl sites for hydroxylation is 1.